The van der Waals surface area contributed by atoms with E-state index in [1.54, 1.807) is 60.1 Å². The molecule has 1 atom stereocenters. The molecule has 0 radical (unpaired) electrons. The summed E-state index contributed by atoms with van der Waals surface area (Å²) in [7, 11) is -3.72. The minimum absolute atomic E-state index is 0.168. The molecule has 0 aliphatic carbocycles. The van der Waals surface area contributed by atoms with Crippen molar-refractivity contribution >= 4 is 32.5 Å². The largest absolute Gasteiger partial charge is 0.387 e. The number of amides is 1. The van der Waals surface area contributed by atoms with Crippen LogP contribution in [0.4, 0.5) is 5.69 Å². The van der Waals surface area contributed by atoms with Gasteiger partial charge in [0.15, 0.2) is 0 Å². The fourth-order valence-corrected chi connectivity index (χ4v) is 5.27. The van der Waals surface area contributed by atoms with Crippen molar-refractivity contribution in [2.45, 2.75) is 43.4 Å². The maximum absolute atomic E-state index is 12.6. The van der Waals surface area contributed by atoms with Crippen molar-refractivity contribution in [1.82, 2.24) is 15.4 Å². The topological polar surface area (TPSA) is 133 Å². The van der Waals surface area contributed by atoms with E-state index < -0.39 is 22.0 Å². The van der Waals surface area contributed by atoms with Crippen molar-refractivity contribution in [3.63, 3.8) is 0 Å². The number of aliphatic hydroxyl groups excluding tert-OH is 1. The zero-order valence-electron chi connectivity index (χ0n) is 21.3. The Bertz CT molecular complexity index is 1520. The summed E-state index contributed by atoms with van der Waals surface area (Å²) in [5, 5.41) is 24.0. The van der Waals surface area contributed by atoms with E-state index in [9.17, 15) is 18.3 Å². The maximum atomic E-state index is 12.6. The third-order valence-corrected chi connectivity index (χ3v) is 7.86. The lowest BCUT2D eigenvalue weighted by Crippen LogP contribution is -2.42. The van der Waals surface area contributed by atoms with Crippen molar-refractivity contribution in [3.05, 3.63) is 96.2 Å². The second-order valence-corrected chi connectivity index (χ2v) is 11.5. The van der Waals surface area contributed by atoms with Gasteiger partial charge in [-0.2, -0.15) is 0 Å². The number of nitrogens with zero attached hydrogens (tertiary/aromatic N) is 1. The normalized spacial score (nSPS) is 12.8. The Morgan fingerprint density at radius 3 is 2.50 bits per heavy atom. The Labute approximate surface area is 222 Å². The van der Waals surface area contributed by atoms with Gasteiger partial charge in [-0.3, -0.25) is 14.7 Å². The van der Waals surface area contributed by atoms with Crippen LogP contribution in [0.15, 0.2) is 90.0 Å². The molecule has 1 heterocycles. The molecule has 0 aliphatic rings. The standard InChI is InChI=1S/C28H32N4O5S/c1-28(2,14-16-32-15-13-20-17-22(27(34)30-35)11-12-25(20)32)29-19-26(33)21-7-6-8-23(18-21)31-38(36,37)24-9-4-3-5-10-24/h3-13,15,17-18,26,29,31,33,35H,14,16,19H2,1-2H3,(H,30,34)/t26-/m0/s1. The molecular formula is C28H32N4O5S. The highest BCUT2D eigenvalue weighted by Gasteiger charge is 2.20. The predicted molar refractivity (Wildman–Crippen MR) is 147 cm³/mol. The molecule has 4 aromatic rings. The first kappa shape index (κ1) is 27.3. The number of anilines is 1. The summed E-state index contributed by atoms with van der Waals surface area (Å²) in [5.41, 5.74) is 3.68. The second-order valence-electron chi connectivity index (χ2n) is 9.80. The second kappa shape index (κ2) is 11.4. The van der Waals surface area contributed by atoms with Gasteiger partial charge in [-0.15, -0.1) is 0 Å². The average molecular weight is 537 g/mol. The van der Waals surface area contributed by atoms with Gasteiger partial charge in [0.05, 0.1) is 11.0 Å². The number of fused-ring (bicyclic) bond motifs is 1. The monoisotopic (exact) mass is 536 g/mol. The molecule has 0 aliphatic heterocycles. The van der Waals surface area contributed by atoms with Crippen molar-refractivity contribution in [2.75, 3.05) is 11.3 Å². The molecule has 0 spiro atoms. The Morgan fingerprint density at radius 2 is 1.76 bits per heavy atom. The molecule has 38 heavy (non-hydrogen) atoms. The first-order valence-electron chi connectivity index (χ1n) is 12.2. The third kappa shape index (κ3) is 6.59. The zero-order chi connectivity index (χ0) is 27.3. The van der Waals surface area contributed by atoms with Gasteiger partial charge >= 0.3 is 0 Å². The Balaban J connectivity index is 1.35. The molecule has 3 aromatic carbocycles. The van der Waals surface area contributed by atoms with Crippen molar-refractivity contribution in [3.8, 4) is 0 Å². The molecule has 9 nitrogen and oxygen atoms in total. The van der Waals surface area contributed by atoms with Gasteiger partial charge in [-0.25, -0.2) is 13.9 Å². The van der Waals surface area contributed by atoms with Crippen LogP contribution in [0.2, 0.25) is 0 Å². The van der Waals surface area contributed by atoms with Crippen LogP contribution >= 0.6 is 0 Å². The molecule has 0 saturated heterocycles. The number of hydrogen-bond acceptors (Lipinski definition) is 6. The van der Waals surface area contributed by atoms with Gasteiger partial charge in [0.1, 0.15) is 0 Å². The van der Waals surface area contributed by atoms with Gasteiger partial charge in [-0.05, 0) is 74.4 Å². The van der Waals surface area contributed by atoms with Crippen LogP contribution in [-0.4, -0.2) is 41.3 Å². The fourth-order valence-electron chi connectivity index (χ4n) is 4.20. The molecular weight excluding hydrogens is 504 g/mol. The number of aliphatic hydroxyl groups is 1. The number of hydrogen-bond donors (Lipinski definition) is 5. The Kier molecular flexibility index (Phi) is 8.17. The molecule has 0 unspecified atom stereocenters. The SMILES string of the molecule is CC(C)(CCn1ccc2cc(C(=O)NO)ccc21)NC[C@H](O)c1cccc(NS(=O)(=O)c2ccccc2)c1. The number of benzene rings is 3. The predicted octanol–water partition coefficient (Wildman–Crippen LogP) is 4.05. The van der Waals surface area contributed by atoms with Gasteiger partial charge in [0.25, 0.3) is 15.9 Å². The van der Waals surface area contributed by atoms with Crippen LogP contribution in [0.5, 0.6) is 0 Å². The maximum Gasteiger partial charge on any atom is 0.274 e. The van der Waals surface area contributed by atoms with E-state index in [4.69, 9.17) is 5.21 Å². The lowest BCUT2D eigenvalue weighted by Gasteiger charge is -2.28. The molecule has 200 valence electrons. The summed E-state index contributed by atoms with van der Waals surface area (Å²) < 4.78 is 29.9. The van der Waals surface area contributed by atoms with Crippen molar-refractivity contribution < 1.29 is 23.5 Å². The molecule has 0 bridgehead atoms. The highest BCUT2D eigenvalue weighted by Crippen LogP contribution is 2.23. The fraction of sp³-hybridized carbons (Fsp3) is 0.250. The Morgan fingerprint density at radius 1 is 1.00 bits per heavy atom. The van der Waals surface area contributed by atoms with Crippen LogP contribution in [0, 0.1) is 0 Å². The number of β-amino-alcohol motifs (C(OH)–C–C–N with tert-alkyl or cyclic N) is 1. The summed E-state index contributed by atoms with van der Waals surface area (Å²) in [6.07, 6.45) is 1.89. The van der Waals surface area contributed by atoms with Crippen LogP contribution in [0.3, 0.4) is 0 Å². The van der Waals surface area contributed by atoms with Crippen LogP contribution < -0.4 is 15.5 Å². The third-order valence-electron chi connectivity index (χ3n) is 6.46. The van der Waals surface area contributed by atoms with E-state index in [1.807, 2.05) is 18.3 Å². The van der Waals surface area contributed by atoms with Crippen molar-refractivity contribution in [1.29, 1.82) is 0 Å². The lowest BCUT2D eigenvalue weighted by molar-refractivity contribution is 0.0706. The van der Waals surface area contributed by atoms with E-state index in [0.717, 1.165) is 17.3 Å². The minimum atomic E-state index is -3.72. The molecule has 1 aromatic heterocycles. The quantitative estimate of drug-likeness (QED) is 0.145. The van der Waals surface area contributed by atoms with Crippen LogP contribution in [-0.2, 0) is 16.6 Å². The van der Waals surface area contributed by atoms with Crippen LogP contribution in [0.25, 0.3) is 10.9 Å². The summed E-state index contributed by atoms with van der Waals surface area (Å²) in [6, 6.07) is 22.0. The number of carbonyl (C=O) groups is 1. The summed E-state index contributed by atoms with van der Waals surface area (Å²) in [4.78, 5) is 11.8. The van der Waals surface area contributed by atoms with E-state index in [0.29, 0.717) is 23.4 Å². The lowest BCUT2D eigenvalue weighted by atomic mass is 9.99. The van der Waals surface area contributed by atoms with Gasteiger partial charge in [0.2, 0.25) is 0 Å². The number of aryl methyl sites for hydroxylation is 1. The van der Waals surface area contributed by atoms with Crippen molar-refractivity contribution in [2.24, 2.45) is 0 Å². The number of aromatic nitrogens is 1. The highest BCUT2D eigenvalue weighted by atomic mass is 32.2. The molecule has 10 heteroatoms. The van der Waals surface area contributed by atoms with Crippen LogP contribution in [0.1, 0.15) is 42.3 Å². The summed E-state index contributed by atoms with van der Waals surface area (Å²) in [5.74, 6) is -0.553. The zero-order valence-corrected chi connectivity index (χ0v) is 22.1. The number of hydroxylamine groups is 1. The van der Waals surface area contributed by atoms with Gasteiger partial charge in [-0.1, -0.05) is 30.3 Å². The smallest absolute Gasteiger partial charge is 0.274 e. The Hall–Kier alpha value is -3.70. The van der Waals surface area contributed by atoms with E-state index in [-0.39, 0.29) is 17.0 Å². The molecule has 1 amide bonds. The number of carbonyl (C=O) groups excluding carboxylic acids is 1. The number of sulfonamides is 1. The molecule has 0 fully saturated rings. The molecule has 4 rings (SSSR count). The molecule has 5 N–H and O–H groups in total. The average Bonchev–Trinajstić information content (AvgIpc) is 3.33. The number of nitrogens with one attached hydrogen (secondary N) is 3. The van der Waals surface area contributed by atoms with E-state index >= 15 is 0 Å². The number of rotatable bonds is 11. The summed E-state index contributed by atoms with van der Waals surface area (Å²) in [6.45, 7) is 5.11. The van der Waals surface area contributed by atoms with E-state index in [2.05, 4.69) is 28.5 Å². The van der Waals surface area contributed by atoms with Gasteiger partial charge < -0.3 is 15.0 Å². The molecule has 0 saturated carbocycles. The van der Waals surface area contributed by atoms with Gasteiger partial charge in [0, 0.05) is 47.0 Å². The highest BCUT2D eigenvalue weighted by molar-refractivity contribution is 7.92. The summed E-state index contributed by atoms with van der Waals surface area (Å²) >= 11 is 0. The minimum Gasteiger partial charge on any atom is -0.387 e. The first-order chi connectivity index (χ1) is 18.1. The first-order valence-corrected chi connectivity index (χ1v) is 13.7. The van der Waals surface area contributed by atoms with E-state index in [1.165, 1.54) is 12.1 Å².